The maximum Gasteiger partial charge on any atom is 0.227 e. The number of pyridine rings is 2. The first-order chi connectivity index (χ1) is 14.7. The zero-order chi connectivity index (χ0) is 20.5. The molecule has 0 saturated carbocycles. The maximum absolute atomic E-state index is 12.7. The highest BCUT2D eigenvalue weighted by atomic mass is 16.2. The molecular formula is C24H23N5O. The van der Waals surface area contributed by atoms with E-state index in [9.17, 15) is 4.79 Å². The van der Waals surface area contributed by atoms with E-state index >= 15 is 0 Å². The van der Waals surface area contributed by atoms with Gasteiger partial charge in [-0.25, -0.2) is 9.50 Å². The third-order valence-electron chi connectivity index (χ3n) is 5.74. The number of aryl methyl sites for hydroxylation is 1. The number of carbonyl (C=O) groups excluding carboxylic acids is 1. The van der Waals surface area contributed by atoms with Gasteiger partial charge in [-0.3, -0.25) is 9.78 Å². The van der Waals surface area contributed by atoms with Crippen LogP contribution in [-0.2, 0) is 11.2 Å². The summed E-state index contributed by atoms with van der Waals surface area (Å²) in [6, 6.07) is 16.2. The number of likely N-dealkylation sites (tertiary alicyclic amines) is 1. The van der Waals surface area contributed by atoms with Crippen LogP contribution in [0.5, 0.6) is 0 Å². The van der Waals surface area contributed by atoms with Gasteiger partial charge in [0.25, 0.3) is 0 Å². The molecule has 1 fully saturated rings. The van der Waals surface area contributed by atoms with Crippen molar-refractivity contribution in [2.24, 2.45) is 0 Å². The minimum atomic E-state index is 0.171. The number of benzene rings is 1. The predicted molar refractivity (Wildman–Crippen MR) is 115 cm³/mol. The van der Waals surface area contributed by atoms with Gasteiger partial charge in [-0.05, 0) is 48.7 Å². The van der Waals surface area contributed by atoms with Crippen molar-refractivity contribution < 1.29 is 4.79 Å². The normalized spacial score (nSPS) is 16.3. The first-order valence-corrected chi connectivity index (χ1v) is 10.3. The highest BCUT2D eigenvalue weighted by Crippen LogP contribution is 2.27. The first kappa shape index (κ1) is 18.5. The largest absolute Gasteiger partial charge is 0.342 e. The van der Waals surface area contributed by atoms with Gasteiger partial charge in [-0.15, -0.1) is 0 Å². The quantitative estimate of drug-likeness (QED) is 0.527. The molecule has 6 nitrogen and oxygen atoms in total. The zero-order valence-electron chi connectivity index (χ0n) is 16.9. The molecule has 1 amide bonds. The van der Waals surface area contributed by atoms with Crippen LogP contribution in [0.2, 0.25) is 0 Å². The molecule has 1 atom stereocenters. The number of rotatable bonds is 4. The second-order valence-corrected chi connectivity index (χ2v) is 7.91. The van der Waals surface area contributed by atoms with E-state index in [1.165, 1.54) is 5.56 Å². The summed E-state index contributed by atoms with van der Waals surface area (Å²) in [5.41, 5.74) is 5.26. The summed E-state index contributed by atoms with van der Waals surface area (Å²) in [5.74, 6) is 1.16. The smallest absolute Gasteiger partial charge is 0.227 e. The van der Waals surface area contributed by atoms with Crippen LogP contribution in [-0.4, -0.2) is 43.5 Å². The fourth-order valence-electron chi connectivity index (χ4n) is 3.98. The van der Waals surface area contributed by atoms with Gasteiger partial charge in [0, 0.05) is 43.2 Å². The number of amides is 1. The van der Waals surface area contributed by atoms with Crippen LogP contribution >= 0.6 is 0 Å². The Morgan fingerprint density at radius 1 is 1.03 bits per heavy atom. The molecule has 1 aliphatic heterocycles. The van der Waals surface area contributed by atoms with Gasteiger partial charge in [-0.2, -0.15) is 5.10 Å². The lowest BCUT2D eigenvalue weighted by atomic mass is 10.1. The molecule has 1 saturated heterocycles. The summed E-state index contributed by atoms with van der Waals surface area (Å²) in [6.07, 6.45) is 6.91. The van der Waals surface area contributed by atoms with Gasteiger partial charge in [0.1, 0.15) is 0 Å². The summed E-state index contributed by atoms with van der Waals surface area (Å²) in [7, 11) is 0. The maximum atomic E-state index is 12.7. The molecule has 0 aliphatic carbocycles. The van der Waals surface area contributed by atoms with E-state index in [1.807, 2.05) is 45.9 Å². The molecular weight excluding hydrogens is 374 g/mol. The van der Waals surface area contributed by atoms with Crippen LogP contribution in [0.1, 0.15) is 29.3 Å². The molecule has 1 aromatic carbocycles. The van der Waals surface area contributed by atoms with Crippen molar-refractivity contribution in [3.63, 3.8) is 0 Å². The first-order valence-electron chi connectivity index (χ1n) is 10.3. The molecule has 30 heavy (non-hydrogen) atoms. The van der Waals surface area contributed by atoms with Crippen molar-refractivity contribution in [2.75, 3.05) is 13.1 Å². The second kappa shape index (κ2) is 7.71. The summed E-state index contributed by atoms with van der Waals surface area (Å²) >= 11 is 0. The number of hydrogen-bond acceptors (Lipinski definition) is 4. The van der Waals surface area contributed by atoms with Crippen molar-refractivity contribution in [2.45, 2.75) is 25.7 Å². The SMILES string of the molecule is Cc1ccc(CC(=O)N2CC[C@@H](c3nc4ccc(-c5ccncc5)cn4n3)C2)cc1. The Balaban J connectivity index is 1.30. The van der Waals surface area contributed by atoms with Crippen molar-refractivity contribution in [3.8, 4) is 11.1 Å². The van der Waals surface area contributed by atoms with Crippen molar-refractivity contribution >= 4 is 11.6 Å². The summed E-state index contributed by atoms with van der Waals surface area (Å²) in [6.45, 7) is 3.49. The van der Waals surface area contributed by atoms with Gasteiger partial charge in [-0.1, -0.05) is 29.8 Å². The zero-order valence-corrected chi connectivity index (χ0v) is 16.9. The predicted octanol–water partition coefficient (Wildman–Crippen LogP) is 3.66. The molecule has 0 bridgehead atoms. The van der Waals surface area contributed by atoms with Crippen molar-refractivity contribution in [3.05, 3.63) is 84.1 Å². The van der Waals surface area contributed by atoms with Gasteiger partial charge >= 0.3 is 0 Å². The van der Waals surface area contributed by atoms with E-state index in [4.69, 9.17) is 10.1 Å². The molecule has 6 heteroatoms. The summed E-state index contributed by atoms with van der Waals surface area (Å²) < 4.78 is 1.84. The Kier molecular flexibility index (Phi) is 4.75. The van der Waals surface area contributed by atoms with E-state index in [-0.39, 0.29) is 11.8 Å². The molecule has 5 rings (SSSR count). The Hall–Kier alpha value is -3.54. The highest BCUT2D eigenvalue weighted by Gasteiger charge is 2.30. The summed E-state index contributed by atoms with van der Waals surface area (Å²) in [4.78, 5) is 23.5. The number of hydrogen-bond donors (Lipinski definition) is 0. The standard InChI is InChI=1S/C24H23N5O/c1-17-2-4-18(5-3-17)14-23(30)28-13-10-21(15-28)24-26-22-7-6-20(16-29(22)27-24)19-8-11-25-12-9-19/h2-9,11-12,16,21H,10,13-15H2,1H3/t21-/m1/s1. The average Bonchev–Trinajstić information content (AvgIpc) is 3.42. The lowest BCUT2D eigenvalue weighted by Crippen LogP contribution is -2.30. The second-order valence-electron chi connectivity index (χ2n) is 7.91. The van der Waals surface area contributed by atoms with Crippen LogP contribution in [0, 0.1) is 6.92 Å². The number of aromatic nitrogens is 4. The van der Waals surface area contributed by atoms with Crippen LogP contribution in [0.15, 0.2) is 67.1 Å². The average molecular weight is 397 g/mol. The Morgan fingerprint density at radius 2 is 1.83 bits per heavy atom. The minimum absolute atomic E-state index is 0.171. The Bertz CT molecular complexity index is 1180. The van der Waals surface area contributed by atoms with E-state index in [0.717, 1.165) is 41.1 Å². The molecule has 150 valence electrons. The van der Waals surface area contributed by atoms with Crippen molar-refractivity contribution in [1.82, 2.24) is 24.5 Å². The number of nitrogens with zero attached hydrogens (tertiary/aromatic N) is 5. The Labute approximate surface area is 175 Å². The van der Waals surface area contributed by atoms with E-state index in [1.54, 1.807) is 12.4 Å². The fourth-order valence-corrected chi connectivity index (χ4v) is 3.98. The third-order valence-corrected chi connectivity index (χ3v) is 5.74. The minimum Gasteiger partial charge on any atom is -0.342 e. The highest BCUT2D eigenvalue weighted by molar-refractivity contribution is 5.79. The van der Waals surface area contributed by atoms with Crippen LogP contribution in [0.25, 0.3) is 16.8 Å². The van der Waals surface area contributed by atoms with Crippen LogP contribution in [0.4, 0.5) is 0 Å². The van der Waals surface area contributed by atoms with Crippen LogP contribution < -0.4 is 0 Å². The van der Waals surface area contributed by atoms with Gasteiger partial charge in [0.15, 0.2) is 11.5 Å². The molecule has 4 aromatic rings. The van der Waals surface area contributed by atoms with E-state index in [0.29, 0.717) is 13.0 Å². The van der Waals surface area contributed by atoms with E-state index in [2.05, 4.69) is 30.1 Å². The molecule has 0 radical (unpaired) electrons. The Morgan fingerprint density at radius 3 is 2.63 bits per heavy atom. The lowest BCUT2D eigenvalue weighted by Gasteiger charge is -2.16. The molecule has 0 spiro atoms. The third kappa shape index (κ3) is 3.68. The number of carbonyl (C=O) groups is 1. The van der Waals surface area contributed by atoms with Crippen molar-refractivity contribution in [1.29, 1.82) is 0 Å². The topological polar surface area (TPSA) is 63.4 Å². The van der Waals surface area contributed by atoms with Gasteiger partial charge in [0.2, 0.25) is 5.91 Å². The lowest BCUT2D eigenvalue weighted by molar-refractivity contribution is -0.129. The number of fused-ring (bicyclic) bond motifs is 1. The van der Waals surface area contributed by atoms with E-state index < -0.39 is 0 Å². The monoisotopic (exact) mass is 397 g/mol. The van der Waals surface area contributed by atoms with Gasteiger partial charge in [0.05, 0.1) is 6.42 Å². The molecule has 0 N–H and O–H groups in total. The molecule has 4 heterocycles. The molecule has 0 unspecified atom stereocenters. The summed E-state index contributed by atoms with van der Waals surface area (Å²) in [5, 5.41) is 4.72. The molecule has 3 aromatic heterocycles. The fraction of sp³-hybridized carbons (Fsp3) is 0.250. The van der Waals surface area contributed by atoms with Crippen LogP contribution in [0.3, 0.4) is 0 Å². The molecule has 1 aliphatic rings. The van der Waals surface area contributed by atoms with Gasteiger partial charge < -0.3 is 4.90 Å².